The van der Waals surface area contributed by atoms with Crippen LogP contribution in [-0.2, 0) is 14.9 Å². The summed E-state index contributed by atoms with van der Waals surface area (Å²) in [6.07, 6.45) is 0. The number of pyridine rings is 1. The molecule has 0 aliphatic heterocycles. The molecule has 0 fully saturated rings. The summed E-state index contributed by atoms with van der Waals surface area (Å²) in [6.45, 7) is 5.86. The van der Waals surface area contributed by atoms with E-state index < -0.39 is 18.5 Å². The van der Waals surface area contributed by atoms with Gasteiger partial charge in [-0.25, -0.2) is 9.78 Å². The van der Waals surface area contributed by atoms with Crippen molar-refractivity contribution in [3.63, 3.8) is 0 Å². The summed E-state index contributed by atoms with van der Waals surface area (Å²) in [5.41, 5.74) is 1.67. The molecule has 0 spiro atoms. The number of halogens is 2. The Bertz CT molecular complexity index is 784. The van der Waals surface area contributed by atoms with E-state index in [1.54, 1.807) is 12.1 Å². The Hall–Kier alpha value is -2.11. The number of benzene rings is 1. The molecule has 0 aliphatic rings. The molecule has 0 bridgehead atoms. The highest BCUT2D eigenvalue weighted by atomic mass is 35.5. The number of anilines is 1. The average Bonchev–Trinajstić information content (AvgIpc) is 2.54. The third-order valence-corrected chi connectivity index (χ3v) is 3.89. The normalized spacial score (nSPS) is 11.1. The Morgan fingerprint density at radius 3 is 2.32 bits per heavy atom. The van der Waals surface area contributed by atoms with Gasteiger partial charge in [-0.1, -0.05) is 56.1 Å². The topological polar surface area (TPSA) is 68.3 Å². The van der Waals surface area contributed by atoms with E-state index in [0.717, 1.165) is 5.56 Å². The van der Waals surface area contributed by atoms with Gasteiger partial charge in [0.2, 0.25) is 0 Å². The van der Waals surface area contributed by atoms with E-state index in [9.17, 15) is 9.59 Å². The van der Waals surface area contributed by atoms with Crippen LogP contribution in [0.4, 0.5) is 5.69 Å². The van der Waals surface area contributed by atoms with E-state index in [4.69, 9.17) is 27.9 Å². The van der Waals surface area contributed by atoms with Crippen molar-refractivity contribution in [3.05, 3.63) is 57.8 Å². The van der Waals surface area contributed by atoms with Gasteiger partial charge in [-0.3, -0.25) is 4.79 Å². The summed E-state index contributed by atoms with van der Waals surface area (Å²) in [6, 6.07) is 10.4. The highest BCUT2D eigenvalue weighted by molar-refractivity contribution is 6.34. The van der Waals surface area contributed by atoms with Crippen molar-refractivity contribution in [2.24, 2.45) is 0 Å². The fraction of sp³-hybridized carbons (Fsp3) is 0.278. The third-order valence-electron chi connectivity index (χ3n) is 3.37. The largest absolute Gasteiger partial charge is 0.451 e. The number of nitrogens with one attached hydrogen (secondary N) is 1. The van der Waals surface area contributed by atoms with Crippen molar-refractivity contribution in [3.8, 4) is 0 Å². The van der Waals surface area contributed by atoms with Crippen LogP contribution in [0.25, 0.3) is 0 Å². The Labute approximate surface area is 156 Å². The molecule has 2 rings (SSSR count). The van der Waals surface area contributed by atoms with Crippen LogP contribution in [0.1, 0.15) is 36.8 Å². The molecule has 0 atom stereocenters. The lowest BCUT2D eigenvalue weighted by atomic mass is 9.87. The zero-order valence-corrected chi connectivity index (χ0v) is 15.6. The van der Waals surface area contributed by atoms with E-state index in [1.165, 1.54) is 12.1 Å². The highest BCUT2D eigenvalue weighted by Gasteiger charge is 2.17. The second-order valence-electron chi connectivity index (χ2n) is 6.42. The van der Waals surface area contributed by atoms with Gasteiger partial charge in [0.15, 0.2) is 12.3 Å². The minimum absolute atomic E-state index is 0.0291. The van der Waals surface area contributed by atoms with Gasteiger partial charge in [0, 0.05) is 5.69 Å². The highest BCUT2D eigenvalue weighted by Crippen LogP contribution is 2.23. The van der Waals surface area contributed by atoms with Crippen molar-refractivity contribution < 1.29 is 14.3 Å². The lowest BCUT2D eigenvalue weighted by Gasteiger charge is -2.19. The summed E-state index contributed by atoms with van der Waals surface area (Å²) in [7, 11) is 0. The monoisotopic (exact) mass is 380 g/mol. The van der Waals surface area contributed by atoms with Crippen LogP contribution in [0.3, 0.4) is 0 Å². The molecule has 5 nitrogen and oxygen atoms in total. The first-order valence-corrected chi connectivity index (χ1v) is 8.32. The minimum Gasteiger partial charge on any atom is -0.451 e. The quantitative estimate of drug-likeness (QED) is 0.626. The van der Waals surface area contributed by atoms with Crippen molar-refractivity contribution >= 4 is 40.8 Å². The smallest absolute Gasteiger partial charge is 0.359 e. The molecule has 25 heavy (non-hydrogen) atoms. The first kappa shape index (κ1) is 19.2. The predicted octanol–water partition coefficient (Wildman–Crippen LogP) is 4.48. The standard InChI is InChI=1S/C18H18Cl2N2O3/c1-18(2,3)11-4-6-12(7-5-11)21-15(23)10-25-17(24)16-13(19)8-9-14(20)22-16/h4-9H,10H2,1-3H3,(H,21,23). The van der Waals surface area contributed by atoms with Crippen LogP contribution in [-0.4, -0.2) is 23.5 Å². The molecule has 1 aromatic carbocycles. The van der Waals surface area contributed by atoms with Crippen molar-refractivity contribution in [2.75, 3.05) is 11.9 Å². The van der Waals surface area contributed by atoms with Gasteiger partial charge in [-0.05, 0) is 35.2 Å². The lowest BCUT2D eigenvalue weighted by Crippen LogP contribution is -2.21. The number of aromatic nitrogens is 1. The summed E-state index contributed by atoms with van der Waals surface area (Å²) in [5, 5.41) is 2.87. The molecule has 1 N–H and O–H groups in total. The zero-order chi connectivity index (χ0) is 18.6. The minimum atomic E-state index is -0.814. The van der Waals surface area contributed by atoms with Gasteiger partial charge >= 0.3 is 5.97 Å². The average molecular weight is 381 g/mol. The molecular weight excluding hydrogens is 363 g/mol. The molecule has 132 valence electrons. The van der Waals surface area contributed by atoms with E-state index in [0.29, 0.717) is 5.69 Å². The number of hydrogen-bond acceptors (Lipinski definition) is 4. The Morgan fingerprint density at radius 1 is 1.08 bits per heavy atom. The molecular formula is C18H18Cl2N2O3. The van der Waals surface area contributed by atoms with Crippen LogP contribution in [0.15, 0.2) is 36.4 Å². The van der Waals surface area contributed by atoms with E-state index in [-0.39, 0.29) is 21.3 Å². The van der Waals surface area contributed by atoms with Gasteiger partial charge < -0.3 is 10.1 Å². The Morgan fingerprint density at radius 2 is 1.72 bits per heavy atom. The van der Waals surface area contributed by atoms with E-state index in [2.05, 4.69) is 31.1 Å². The molecule has 1 heterocycles. The van der Waals surface area contributed by atoms with Gasteiger partial charge in [-0.2, -0.15) is 0 Å². The van der Waals surface area contributed by atoms with E-state index in [1.807, 2.05) is 12.1 Å². The van der Waals surface area contributed by atoms with Crippen LogP contribution in [0.2, 0.25) is 10.2 Å². The Kier molecular flexibility index (Phi) is 6.03. The van der Waals surface area contributed by atoms with Crippen LogP contribution >= 0.6 is 23.2 Å². The first-order chi connectivity index (χ1) is 11.7. The van der Waals surface area contributed by atoms with Crippen molar-refractivity contribution in [1.82, 2.24) is 4.98 Å². The van der Waals surface area contributed by atoms with Gasteiger partial charge in [0.05, 0.1) is 5.02 Å². The summed E-state index contributed by atoms with van der Waals surface area (Å²) >= 11 is 11.6. The summed E-state index contributed by atoms with van der Waals surface area (Å²) < 4.78 is 4.92. The zero-order valence-electron chi connectivity index (χ0n) is 14.1. The number of ether oxygens (including phenoxy) is 1. The molecule has 7 heteroatoms. The number of carbonyl (C=O) groups excluding carboxylic acids is 2. The van der Waals surface area contributed by atoms with Crippen LogP contribution in [0.5, 0.6) is 0 Å². The second-order valence-corrected chi connectivity index (χ2v) is 7.21. The first-order valence-electron chi connectivity index (χ1n) is 7.56. The number of nitrogens with zero attached hydrogens (tertiary/aromatic N) is 1. The molecule has 1 amide bonds. The molecule has 2 aromatic rings. The molecule has 0 saturated heterocycles. The predicted molar refractivity (Wildman–Crippen MR) is 98.3 cm³/mol. The molecule has 0 aliphatic carbocycles. The maximum Gasteiger partial charge on any atom is 0.359 e. The summed E-state index contributed by atoms with van der Waals surface area (Å²) in [4.78, 5) is 27.6. The molecule has 0 radical (unpaired) electrons. The number of carbonyl (C=O) groups is 2. The molecule has 0 saturated carbocycles. The van der Waals surface area contributed by atoms with Gasteiger partial charge in [-0.15, -0.1) is 0 Å². The number of amides is 1. The van der Waals surface area contributed by atoms with Gasteiger partial charge in [0.25, 0.3) is 5.91 Å². The number of rotatable bonds is 4. The lowest BCUT2D eigenvalue weighted by molar-refractivity contribution is -0.119. The fourth-order valence-corrected chi connectivity index (χ4v) is 2.34. The fourth-order valence-electron chi connectivity index (χ4n) is 2.01. The van der Waals surface area contributed by atoms with Crippen LogP contribution < -0.4 is 5.32 Å². The Balaban J connectivity index is 1.92. The molecule has 0 unspecified atom stereocenters. The van der Waals surface area contributed by atoms with Crippen molar-refractivity contribution in [2.45, 2.75) is 26.2 Å². The maximum absolute atomic E-state index is 11.9. The number of hydrogen-bond donors (Lipinski definition) is 1. The second kappa shape index (κ2) is 7.85. The third kappa shape index (κ3) is 5.44. The number of esters is 1. The van der Waals surface area contributed by atoms with Crippen molar-refractivity contribution in [1.29, 1.82) is 0 Å². The van der Waals surface area contributed by atoms with Crippen LogP contribution in [0, 0.1) is 0 Å². The van der Waals surface area contributed by atoms with Gasteiger partial charge in [0.1, 0.15) is 5.15 Å². The summed E-state index contributed by atoms with van der Waals surface area (Å²) in [5.74, 6) is -1.28. The maximum atomic E-state index is 11.9. The molecule has 1 aromatic heterocycles. The SMILES string of the molecule is CC(C)(C)c1ccc(NC(=O)COC(=O)c2nc(Cl)ccc2Cl)cc1. The van der Waals surface area contributed by atoms with E-state index >= 15 is 0 Å².